The van der Waals surface area contributed by atoms with Gasteiger partial charge in [0, 0.05) is 17.8 Å². The number of pyridine rings is 2. The molecule has 0 radical (unpaired) electrons. The van der Waals surface area contributed by atoms with E-state index in [4.69, 9.17) is 14.6 Å². The van der Waals surface area contributed by atoms with Gasteiger partial charge in [0.1, 0.15) is 17.9 Å². The van der Waals surface area contributed by atoms with E-state index in [-0.39, 0.29) is 19.8 Å². The van der Waals surface area contributed by atoms with Crippen molar-refractivity contribution in [1.29, 1.82) is 0 Å². The number of carboxylic acid groups (broad SMARTS) is 1. The van der Waals surface area contributed by atoms with Crippen LogP contribution < -0.4 is 15.6 Å². The van der Waals surface area contributed by atoms with Gasteiger partial charge in [-0.15, -0.1) is 0 Å². The van der Waals surface area contributed by atoms with Crippen LogP contribution in [0.15, 0.2) is 23.1 Å². The predicted molar refractivity (Wildman–Crippen MR) is 90.7 cm³/mol. The van der Waals surface area contributed by atoms with Gasteiger partial charge in [0.15, 0.2) is 0 Å². The number of carboxylic acids is 1. The van der Waals surface area contributed by atoms with Gasteiger partial charge in [0.25, 0.3) is 11.5 Å². The Bertz CT molecular complexity index is 950. The van der Waals surface area contributed by atoms with Crippen LogP contribution in [-0.4, -0.2) is 45.3 Å². The monoisotopic (exact) mass is 375 g/mol. The first-order valence-electron chi connectivity index (χ1n) is 7.96. The summed E-state index contributed by atoms with van der Waals surface area (Å²) in [6.45, 7) is -0.422. The summed E-state index contributed by atoms with van der Waals surface area (Å²) in [5.74, 6) is -2.30. The molecule has 3 heterocycles. The third-order valence-corrected chi connectivity index (χ3v) is 4.12. The number of rotatable bonds is 6. The smallest absolute Gasteiger partial charge is 0.322 e. The molecule has 0 fully saturated rings. The number of aromatic nitrogens is 2. The second kappa shape index (κ2) is 7.46. The van der Waals surface area contributed by atoms with E-state index in [0.717, 1.165) is 0 Å². The molecule has 1 aliphatic rings. The summed E-state index contributed by atoms with van der Waals surface area (Å²) in [6.07, 6.45) is 1.53. The molecule has 0 unspecified atom stereocenters. The maximum atomic E-state index is 12.9. The van der Waals surface area contributed by atoms with Crippen molar-refractivity contribution in [3.8, 4) is 11.6 Å². The number of ether oxygens (including phenoxy) is 2. The van der Waals surface area contributed by atoms with Crippen molar-refractivity contribution in [1.82, 2.24) is 14.9 Å². The molecule has 0 saturated carbocycles. The number of aromatic hydroxyl groups is 1. The Morgan fingerprint density at radius 3 is 2.78 bits per heavy atom. The standard InChI is InChI=1S/C17H17N3O7/c1-26-12-3-2-9(4-18-12)6-20-11-8-27-7-10(11)15(23)14(17(20)25)16(24)19-5-13(21)22/h2-4,23H,5-8H2,1H3,(H,19,24)(H,21,22). The van der Waals surface area contributed by atoms with E-state index in [1.807, 2.05) is 0 Å². The van der Waals surface area contributed by atoms with Crippen molar-refractivity contribution >= 4 is 11.9 Å². The molecule has 0 aromatic carbocycles. The number of nitrogens with zero attached hydrogens (tertiary/aromatic N) is 2. The van der Waals surface area contributed by atoms with Crippen LogP contribution in [0.3, 0.4) is 0 Å². The van der Waals surface area contributed by atoms with Crippen LogP contribution in [-0.2, 0) is 29.3 Å². The third kappa shape index (κ3) is 3.60. The highest BCUT2D eigenvalue weighted by atomic mass is 16.5. The second-order valence-electron chi connectivity index (χ2n) is 5.82. The van der Waals surface area contributed by atoms with Crippen LogP contribution in [0.1, 0.15) is 27.2 Å². The summed E-state index contributed by atoms with van der Waals surface area (Å²) in [5, 5.41) is 21.1. The molecule has 3 N–H and O–H groups in total. The number of hydrogen-bond donors (Lipinski definition) is 3. The van der Waals surface area contributed by atoms with E-state index in [0.29, 0.717) is 22.7 Å². The first kappa shape index (κ1) is 18.4. The van der Waals surface area contributed by atoms with Crippen molar-refractivity contribution in [2.75, 3.05) is 13.7 Å². The van der Waals surface area contributed by atoms with Crippen molar-refractivity contribution in [3.63, 3.8) is 0 Å². The molecule has 3 rings (SSSR count). The number of carbonyl (C=O) groups is 2. The molecule has 0 bridgehead atoms. The maximum absolute atomic E-state index is 12.9. The molecule has 0 saturated heterocycles. The largest absolute Gasteiger partial charge is 0.506 e. The van der Waals surface area contributed by atoms with Crippen molar-refractivity contribution in [2.24, 2.45) is 0 Å². The fraction of sp³-hybridized carbons (Fsp3) is 0.294. The van der Waals surface area contributed by atoms with Gasteiger partial charge in [-0.25, -0.2) is 4.98 Å². The number of fused-ring (bicyclic) bond motifs is 1. The number of aliphatic carboxylic acids is 1. The minimum Gasteiger partial charge on any atom is -0.506 e. The Morgan fingerprint density at radius 1 is 1.37 bits per heavy atom. The van der Waals surface area contributed by atoms with Gasteiger partial charge in [-0.05, 0) is 5.56 Å². The molecule has 10 nitrogen and oxygen atoms in total. The number of hydrogen-bond acceptors (Lipinski definition) is 7. The molecule has 27 heavy (non-hydrogen) atoms. The van der Waals surface area contributed by atoms with E-state index < -0.39 is 35.3 Å². The molecule has 2 aromatic heterocycles. The summed E-state index contributed by atoms with van der Waals surface area (Å²) >= 11 is 0. The van der Waals surface area contributed by atoms with Crippen LogP contribution in [0.4, 0.5) is 0 Å². The molecule has 0 aliphatic carbocycles. The summed E-state index contributed by atoms with van der Waals surface area (Å²) < 4.78 is 11.6. The lowest BCUT2D eigenvalue weighted by atomic mass is 10.1. The average molecular weight is 375 g/mol. The normalized spacial score (nSPS) is 12.5. The van der Waals surface area contributed by atoms with Gasteiger partial charge in [0.05, 0.1) is 32.6 Å². The highest BCUT2D eigenvalue weighted by Crippen LogP contribution is 2.30. The Hall–Kier alpha value is -3.40. The summed E-state index contributed by atoms with van der Waals surface area (Å²) in [4.78, 5) is 39.9. The van der Waals surface area contributed by atoms with Crippen LogP contribution in [0.2, 0.25) is 0 Å². The summed E-state index contributed by atoms with van der Waals surface area (Å²) in [7, 11) is 1.48. The van der Waals surface area contributed by atoms with Crippen LogP contribution in [0.25, 0.3) is 0 Å². The van der Waals surface area contributed by atoms with E-state index >= 15 is 0 Å². The molecule has 0 spiro atoms. The van der Waals surface area contributed by atoms with E-state index in [2.05, 4.69) is 10.3 Å². The average Bonchev–Trinajstić information content (AvgIpc) is 3.14. The lowest BCUT2D eigenvalue weighted by molar-refractivity contribution is -0.135. The lowest BCUT2D eigenvalue weighted by Gasteiger charge is -2.15. The Labute approximate surface area is 153 Å². The quantitative estimate of drug-likeness (QED) is 0.633. The van der Waals surface area contributed by atoms with Gasteiger partial charge < -0.3 is 29.6 Å². The van der Waals surface area contributed by atoms with Crippen molar-refractivity contribution in [2.45, 2.75) is 19.8 Å². The molecule has 2 aromatic rings. The zero-order valence-electron chi connectivity index (χ0n) is 14.4. The van der Waals surface area contributed by atoms with E-state index in [1.54, 1.807) is 12.1 Å². The fourth-order valence-corrected chi connectivity index (χ4v) is 2.80. The van der Waals surface area contributed by atoms with E-state index in [1.165, 1.54) is 17.9 Å². The Kier molecular flexibility index (Phi) is 5.08. The number of methoxy groups -OCH3 is 1. The van der Waals surface area contributed by atoms with Gasteiger partial charge >= 0.3 is 5.97 Å². The van der Waals surface area contributed by atoms with Gasteiger partial charge in [-0.2, -0.15) is 0 Å². The summed E-state index contributed by atoms with van der Waals surface area (Å²) in [5.41, 5.74) is 0.215. The van der Waals surface area contributed by atoms with Crippen LogP contribution >= 0.6 is 0 Å². The fourth-order valence-electron chi connectivity index (χ4n) is 2.80. The highest BCUT2D eigenvalue weighted by molar-refractivity contribution is 5.98. The highest BCUT2D eigenvalue weighted by Gasteiger charge is 2.29. The topological polar surface area (TPSA) is 140 Å². The minimum atomic E-state index is -1.27. The molecule has 142 valence electrons. The van der Waals surface area contributed by atoms with Gasteiger partial charge in [0.2, 0.25) is 5.88 Å². The first-order valence-corrected chi connectivity index (χ1v) is 7.96. The van der Waals surface area contributed by atoms with Crippen molar-refractivity contribution < 1.29 is 29.3 Å². The molecule has 10 heteroatoms. The number of nitrogens with one attached hydrogen (secondary N) is 1. The van der Waals surface area contributed by atoms with Crippen molar-refractivity contribution in [3.05, 3.63) is 51.1 Å². The summed E-state index contributed by atoms with van der Waals surface area (Å²) in [6, 6.07) is 3.36. The van der Waals surface area contributed by atoms with Gasteiger partial charge in [-0.1, -0.05) is 6.07 Å². The number of carbonyl (C=O) groups excluding carboxylic acids is 1. The van der Waals surface area contributed by atoms with E-state index in [9.17, 15) is 19.5 Å². The van der Waals surface area contributed by atoms with Gasteiger partial charge in [-0.3, -0.25) is 14.4 Å². The molecule has 1 aliphatic heterocycles. The molecular weight excluding hydrogens is 358 g/mol. The Balaban J connectivity index is 2.03. The molecular formula is C17H17N3O7. The number of amides is 1. The second-order valence-corrected chi connectivity index (χ2v) is 5.82. The Morgan fingerprint density at radius 2 is 2.15 bits per heavy atom. The SMILES string of the molecule is COc1ccc(Cn2c3c(c(O)c(C(=O)NCC(=O)O)c2=O)COC3)cn1. The lowest BCUT2D eigenvalue weighted by Crippen LogP contribution is -2.37. The maximum Gasteiger partial charge on any atom is 0.322 e. The first-order chi connectivity index (χ1) is 12.9. The minimum absolute atomic E-state index is 0.0432. The van der Waals surface area contributed by atoms with Crippen LogP contribution in [0, 0.1) is 0 Å². The predicted octanol–water partition coefficient (Wildman–Crippen LogP) is -0.150. The third-order valence-electron chi connectivity index (χ3n) is 4.12. The molecule has 0 atom stereocenters. The zero-order valence-corrected chi connectivity index (χ0v) is 14.4. The van der Waals surface area contributed by atoms with Crippen LogP contribution in [0.5, 0.6) is 11.6 Å². The molecule has 1 amide bonds. The zero-order chi connectivity index (χ0) is 19.6.